The zero-order chi connectivity index (χ0) is 21.6. The molecular formula is C25H30N4O2. The first-order valence-electron chi connectivity index (χ1n) is 11.1. The van der Waals surface area contributed by atoms with E-state index in [1.54, 1.807) is 0 Å². The first-order chi connectivity index (χ1) is 15.2. The molecule has 1 aliphatic rings. The van der Waals surface area contributed by atoms with E-state index >= 15 is 0 Å². The van der Waals surface area contributed by atoms with Crippen LogP contribution in [0.3, 0.4) is 0 Å². The number of rotatable bonds is 8. The SMILES string of the molecule is CCCNC(=O)CN1CCN(C(C(=O)c2c[nH]c3ccccc23)c2ccccc2)CC1. The molecule has 0 aliphatic carbocycles. The molecule has 3 aromatic rings. The van der Waals surface area contributed by atoms with Crippen LogP contribution in [0.4, 0.5) is 0 Å². The second-order valence-electron chi connectivity index (χ2n) is 8.09. The van der Waals surface area contributed by atoms with Crippen LogP contribution in [0.1, 0.15) is 35.3 Å². The predicted octanol–water partition coefficient (Wildman–Crippen LogP) is 3.24. The van der Waals surface area contributed by atoms with E-state index in [-0.39, 0.29) is 17.7 Å². The Balaban J connectivity index is 1.52. The Bertz CT molecular complexity index is 1020. The molecule has 1 atom stereocenters. The summed E-state index contributed by atoms with van der Waals surface area (Å²) in [5.41, 5.74) is 2.71. The lowest BCUT2D eigenvalue weighted by Gasteiger charge is -2.38. The molecule has 162 valence electrons. The number of para-hydroxylation sites is 1. The number of H-pyrrole nitrogens is 1. The molecule has 6 nitrogen and oxygen atoms in total. The number of benzene rings is 2. The Morgan fingerprint density at radius 2 is 1.71 bits per heavy atom. The highest BCUT2D eigenvalue weighted by atomic mass is 16.2. The van der Waals surface area contributed by atoms with E-state index < -0.39 is 0 Å². The van der Waals surface area contributed by atoms with Gasteiger partial charge >= 0.3 is 0 Å². The zero-order valence-electron chi connectivity index (χ0n) is 18.0. The number of hydrogen-bond donors (Lipinski definition) is 2. The molecule has 2 N–H and O–H groups in total. The number of aromatic nitrogens is 1. The molecule has 1 fully saturated rings. The van der Waals surface area contributed by atoms with Crippen molar-refractivity contribution in [2.75, 3.05) is 39.3 Å². The lowest BCUT2D eigenvalue weighted by atomic mass is 9.95. The number of nitrogens with one attached hydrogen (secondary N) is 2. The number of carbonyl (C=O) groups excluding carboxylic acids is 2. The van der Waals surface area contributed by atoms with Crippen molar-refractivity contribution in [2.24, 2.45) is 0 Å². The van der Waals surface area contributed by atoms with Crippen molar-refractivity contribution in [3.05, 3.63) is 71.9 Å². The minimum Gasteiger partial charge on any atom is -0.360 e. The Hall–Kier alpha value is -2.96. The quantitative estimate of drug-likeness (QED) is 0.551. The number of aromatic amines is 1. The number of ketones is 1. The molecule has 0 bridgehead atoms. The highest BCUT2D eigenvalue weighted by molar-refractivity contribution is 6.10. The zero-order valence-corrected chi connectivity index (χ0v) is 18.0. The van der Waals surface area contributed by atoms with Crippen molar-refractivity contribution in [1.29, 1.82) is 0 Å². The van der Waals surface area contributed by atoms with Crippen molar-refractivity contribution in [3.63, 3.8) is 0 Å². The molecule has 2 aromatic carbocycles. The Labute approximate surface area is 183 Å². The lowest BCUT2D eigenvalue weighted by molar-refractivity contribution is -0.122. The van der Waals surface area contributed by atoms with Gasteiger partial charge in [-0.2, -0.15) is 0 Å². The van der Waals surface area contributed by atoms with Crippen LogP contribution in [-0.2, 0) is 4.79 Å². The third-order valence-electron chi connectivity index (χ3n) is 5.93. The van der Waals surface area contributed by atoms with E-state index in [1.807, 2.05) is 67.7 Å². The van der Waals surface area contributed by atoms with Gasteiger partial charge in [0.05, 0.1) is 12.6 Å². The normalized spacial score (nSPS) is 16.3. The standard InChI is InChI=1S/C25H30N4O2/c1-2-12-26-23(30)18-28-13-15-29(16-14-28)24(19-8-4-3-5-9-19)25(31)21-17-27-22-11-7-6-10-20(21)22/h3-11,17,24,27H,2,12-16,18H2,1H3,(H,26,30). The molecule has 0 radical (unpaired) electrons. The number of piperazine rings is 1. The number of amides is 1. The molecular weight excluding hydrogens is 388 g/mol. The Morgan fingerprint density at radius 3 is 2.45 bits per heavy atom. The predicted molar refractivity (Wildman–Crippen MR) is 123 cm³/mol. The molecule has 0 saturated carbocycles. The van der Waals surface area contributed by atoms with E-state index in [1.165, 1.54) is 0 Å². The summed E-state index contributed by atoms with van der Waals surface area (Å²) in [6.07, 6.45) is 2.77. The number of Topliss-reactive ketones (excluding diaryl/α,β-unsaturated/α-hetero) is 1. The third kappa shape index (κ3) is 4.86. The second kappa shape index (κ2) is 9.90. The monoisotopic (exact) mass is 418 g/mol. The van der Waals surface area contributed by atoms with Crippen molar-refractivity contribution < 1.29 is 9.59 Å². The van der Waals surface area contributed by atoms with Gasteiger partial charge in [0.2, 0.25) is 5.91 Å². The summed E-state index contributed by atoms with van der Waals surface area (Å²) in [7, 11) is 0. The summed E-state index contributed by atoms with van der Waals surface area (Å²) in [6, 6.07) is 17.6. The van der Waals surface area contributed by atoms with Crippen LogP contribution in [-0.4, -0.2) is 65.7 Å². The highest BCUT2D eigenvalue weighted by Crippen LogP contribution is 2.29. The Morgan fingerprint density at radius 1 is 1.00 bits per heavy atom. The molecule has 4 rings (SSSR count). The van der Waals surface area contributed by atoms with Crippen LogP contribution in [0, 0.1) is 0 Å². The number of fused-ring (bicyclic) bond motifs is 1. The first kappa shape index (κ1) is 21.3. The summed E-state index contributed by atoms with van der Waals surface area (Å²) < 4.78 is 0. The number of carbonyl (C=O) groups is 2. The van der Waals surface area contributed by atoms with Crippen molar-refractivity contribution in [1.82, 2.24) is 20.1 Å². The molecule has 31 heavy (non-hydrogen) atoms. The Kier molecular flexibility index (Phi) is 6.79. The third-order valence-corrected chi connectivity index (χ3v) is 5.93. The average molecular weight is 419 g/mol. The molecule has 1 aromatic heterocycles. The van der Waals surface area contributed by atoms with Gasteiger partial charge in [-0.15, -0.1) is 0 Å². The fraction of sp³-hybridized carbons (Fsp3) is 0.360. The van der Waals surface area contributed by atoms with Gasteiger partial charge < -0.3 is 10.3 Å². The molecule has 1 aliphatic heterocycles. The molecule has 6 heteroatoms. The largest absolute Gasteiger partial charge is 0.360 e. The highest BCUT2D eigenvalue weighted by Gasteiger charge is 2.32. The second-order valence-corrected chi connectivity index (χ2v) is 8.09. The molecule has 2 heterocycles. The molecule has 1 unspecified atom stereocenters. The maximum atomic E-state index is 13.8. The van der Waals surface area contributed by atoms with Gasteiger partial charge in [-0.3, -0.25) is 19.4 Å². The molecule has 1 amide bonds. The van der Waals surface area contributed by atoms with Gasteiger partial charge in [-0.25, -0.2) is 0 Å². The fourth-order valence-electron chi connectivity index (χ4n) is 4.29. The van der Waals surface area contributed by atoms with Crippen LogP contribution in [0.5, 0.6) is 0 Å². The van der Waals surface area contributed by atoms with Gasteiger partial charge in [-0.05, 0) is 18.1 Å². The smallest absolute Gasteiger partial charge is 0.234 e. The van der Waals surface area contributed by atoms with E-state index in [9.17, 15) is 9.59 Å². The molecule has 1 saturated heterocycles. The summed E-state index contributed by atoms with van der Waals surface area (Å²) in [4.78, 5) is 33.5. The lowest BCUT2D eigenvalue weighted by Crippen LogP contribution is -2.51. The topological polar surface area (TPSA) is 68.4 Å². The van der Waals surface area contributed by atoms with Gasteiger partial charge in [0.25, 0.3) is 0 Å². The van der Waals surface area contributed by atoms with E-state index in [4.69, 9.17) is 0 Å². The van der Waals surface area contributed by atoms with E-state index in [2.05, 4.69) is 20.1 Å². The summed E-state index contributed by atoms with van der Waals surface area (Å²) in [5, 5.41) is 3.90. The van der Waals surface area contributed by atoms with E-state index in [0.29, 0.717) is 13.1 Å². The van der Waals surface area contributed by atoms with Crippen molar-refractivity contribution in [2.45, 2.75) is 19.4 Å². The average Bonchev–Trinajstić information content (AvgIpc) is 3.24. The maximum absolute atomic E-state index is 13.8. The summed E-state index contributed by atoms with van der Waals surface area (Å²) in [6.45, 7) is 6.21. The van der Waals surface area contributed by atoms with Gasteiger partial charge in [0, 0.05) is 55.4 Å². The van der Waals surface area contributed by atoms with Crippen molar-refractivity contribution >= 4 is 22.6 Å². The van der Waals surface area contributed by atoms with Gasteiger partial charge in [0.15, 0.2) is 5.78 Å². The minimum atomic E-state index is -0.337. The minimum absolute atomic E-state index is 0.0739. The van der Waals surface area contributed by atoms with Crippen LogP contribution in [0.25, 0.3) is 10.9 Å². The number of nitrogens with zero attached hydrogens (tertiary/aromatic N) is 2. The molecule has 0 spiro atoms. The summed E-state index contributed by atoms with van der Waals surface area (Å²) in [5.74, 6) is 0.183. The van der Waals surface area contributed by atoms with Crippen LogP contribution >= 0.6 is 0 Å². The first-order valence-corrected chi connectivity index (χ1v) is 11.1. The van der Waals surface area contributed by atoms with Crippen molar-refractivity contribution in [3.8, 4) is 0 Å². The summed E-state index contributed by atoms with van der Waals surface area (Å²) >= 11 is 0. The maximum Gasteiger partial charge on any atom is 0.234 e. The van der Waals surface area contributed by atoms with Gasteiger partial charge in [0.1, 0.15) is 0 Å². The van der Waals surface area contributed by atoms with Gasteiger partial charge in [-0.1, -0.05) is 55.5 Å². The number of hydrogen-bond acceptors (Lipinski definition) is 4. The van der Waals surface area contributed by atoms with Crippen LogP contribution in [0.15, 0.2) is 60.8 Å². The van der Waals surface area contributed by atoms with E-state index in [0.717, 1.165) is 54.6 Å². The van der Waals surface area contributed by atoms with Crippen LogP contribution in [0.2, 0.25) is 0 Å². The van der Waals surface area contributed by atoms with Crippen LogP contribution < -0.4 is 5.32 Å². The fourth-order valence-corrected chi connectivity index (χ4v) is 4.29.